The van der Waals surface area contributed by atoms with Crippen LogP contribution in [0.5, 0.6) is 5.75 Å². The number of hydrogen-bond donors (Lipinski definition) is 1. The first-order valence-electron chi connectivity index (χ1n) is 8.15. The molecule has 6 nitrogen and oxygen atoms in total. The largest absolute Gasteiger partial charge is 0.493 e. The highest BCUT2D eigenvalue weighted by molar-refractivity contribution is 5.89. The summed E-state index contributed by atoms with van der Waals surface area (Å²) < 4.78 is 10.7. The lowest BCUT2D eigenvalue weighted by Gasteiger charge is -2.16. The fraction of sp³-hybridized carbons (Fsp3) is 0.444. The number of ether oxygens (including phenoxy) is 1. The van der Waals surface area contributed by atoms with Gasteiger partial charge >= 0.3 is 0 Å². The topological polar surface area (TPSA) is 67.6 Å². The van der Waals surface area contributed by atoms with Crippen molar-refractivity contribution in [1.82, 2.24) is 10.1 Å². The number of rotatable bonds is 9. The van der Waals surface area contributed by atoms with Crippen LogP contribution in [0.15, 0.2) is 34.9 Å². The highest BCUT2D eigenvalue weighted by Gasteiger charge is 2.08. The van der Waals surface area contributed by atoms with E-state index in [9.17, 15) is 4.79 Å². The first-order valence-corrected chi connectivity index (χ1v) is 8.15. The molecule has 0 radical (unpaired) electrons. The lowest BCUT2D eigenvalue weighted by Crippen LogP contribution is -2.26. The van der Waals surface area contributed by atoms with Gasteiger partial charge in [0, 0.05) is 25.6 Å². The zero-order valence-electron chi connectivity index (χ0n) is 14.5. The van der Waals surface area contributed by atoms with Gasteiger partial charge in [-0.3, -0.25) is 4.79 Å². The predicted octanol–water partition coefficient (Wildman–Crippen LogP) is 3.02. The zero-order valence-corrected chi connectivity index (χ0v) is 14.5. The van der Waals surface area contributed by atoms with Crippen LogP contribution in [0, 0.1) is 13.8 Å². The Hall–Kier alpha value is -2.34. The van der Waals surface area contributed by atoms with Crippen molar-refractivity contribution in [2.75, 3.05) is 32.1 Å². The second-order valence-electron chi connectivity index (χ2n) is 5.89. The van der Waals surface area contributed by atoms with Gasteiger partial charge in [-0.05, 0) is 38.9 Å². The average Bonchev–Trinajstić information content (AvgIpc) is 2.96. The molecule has 2 aromatic rings. The van der Waals surface area contributed by atoms with E-state index in [0.717, 1.165) is 24.3 Å². The van der Waals surface area contributed by atoms with E-state index in [1.165, 1.54) is 0 Å². The summed E-state index contributed by atoms with van der Waals surface area (Å²) >= 11 is 0. The number of nitrogens with zero attached hydrogens (tertiary/aromatic N) is 2. The molecule has 0 bridgehead atoms. The number of aryl methyl sites for hydroxylation is 2. The first kappa shape index (κ1) is 18.0. The Morgan fingerprint density at radius 2 is 2.08 bits per heavy atom. The lowest BCUT2D eigenvalue weighted by atomic mass is 10.2. The van der Waals surface area contributed by atoms with Gasteiger partial charge in [0.05, 0.1) is 6.61 Å². The molecular weight excluding hydrogens is 306 g/mol. The van der Waals surface area contributed by atoms with Gasteiger partial charge in [-0.1, -0.05) is 23.4 Å². The molecule has 0 unspecified atom stereocenters. The number of anilines is 1. The SMILES string of the molecule is Cc1cc(NC(=O)CCN(C)CCCOc2ccccc2C)no1. The summed E-state index contributed by atoms with van der Waals surface area (Å²) in [5, 5.41) is 6.46. The number of amides is 1. The summed E-state index contributed by atoms with van der Waals surface area (Å²) in [6.07, 6.45) is 1.33. The summed E-state index contributed by atoms with van der Waals surface area (Å²) in [6, 6.07) is 9.70. The first-order chi connectivity index (χ1) is 11.5. The second-order valence-corrected chi connectivity index (χ2v) is 5.89. The minimum atomic E-state index is -0.0636. The Kier molecular flexibility index (Phi) is 6.81. The van der Waals surface area contributed by atoms with Gasteiger partial charge in [-0.25, -0.2) is 0 Å². The van der Waals surface area contributed by atoms with E-state index in [-0.39, 0.29) is 5.91 Å². The van der Waals surface area contributed by atoms with E-state index in [1.807, 2.05) is 38.2 Å². The molecule has 2 rings (SSSR count). The molecule has 0 saturated carbocycles. The maximum absolute atomic E-state index is 11.8. The summed E-state index contributed by atoms with van der Waals surface area (Å²) in [4.78, 5) is 14.0. The highest BCUT2D eigenvalue weighted by atomic mass is 16.5. The second kappa shape index (κ2) is 9.08. The van der Waals surface area contributed by atoms with Gasteiger partial charge in [0.1, 0.15) is 11.5 Å². The van der Waals surface area contributed by atoms with Crippen LogP contribution in [0.4, 0.5) is 5.82 Å². The maximum Gasteiger partial charge on any atom is 0.226 e. The Balaban J connectivity index is 1.58. The van der Waals surface area contributed by atoms with E-state index in [4.69, 9.17) is 9.26 Å². The van der Waals surface area contributed by atoms with E-state index < -0.39 is 0 Å². The molecule has 1 aromatic carbocycles. The number of benzene rings is 1. The van der Waals surface area contributed by atoms with Crippen molar-refractivity contribution in [3.63, 3.8) is 0 Å². The van der Waals surface area contributed by atoms with Crippen LogP contribution in [-0.2, 0) is 4.79 Å². The smallest absolute Gasteiger partial charge is 0.226 e. The molecule has 1 heterocycles. The van der Waals surface area contributed by atoms with Crippen molar-refractivity contribution in [2.24, 2.45) is 0 Å². The van der Waals surface area contributed by atoms with Crippen LogP contribution in [0.3, 0.4) is 0 Å². The van der Waals surface area contributed by atoms with Crippen LogP contribution in [0.1, 0.15) is 24.2 Å². The van der Waals surface area contributed by atoms with Crippen molar-refractivity contribution in [1.29, 1.82) is 0 Å². The molecule has 0 aliphatic rings. The Morgan fingerprint density at radius 1 is 1.29 bits per heavy atom. The molecule has 1 amide bonds. The van der Waals surface area contributed by atoms with E-state index in [2.05, 4.69) is 15.4 Å². The van der Waals surface area contributed by atoms with Crippen LogP contribution in [0.25, 0.3) is 0 Å². The third-order valence-corrected chi connectivity index (χ3v) is 3.65. The number of aromatic nitrogens is 1. The van der Waals surface area contributed by atoms with Crippen molar-refractivity contribution in [2.45, 2.75) is 26.7 Å². The number of nitrogens with one attached hydrogen (secondary N) is 1. The normalized spacial score (nSPS) is 10.8. The van der Waals surface area contributed by atoms with Crippen LogP contribution >= 0.6 is 0 Å². The Bertz CT molecular complexity index is 654. The minimum Gasteiger partial charge on any atom is -0.493 e. The van der Waals surface area contributed by atoms with Crippen LogP contribution in [0.2, 0.25) is 0 Å². The zero-order chi connectivity index (χ0) is 17.4. The summed E-state index contributed by atoms with van der Waals surface area (Å²) in [5.74, 6) is 2.01. The van der Waals surface area contributed by atoms with Gasteiger partial charge < -0.3 is 19.5 Å². The molecule has 0 atom stereocenters. The standard InChI is InChI=1S/C18H25N3O3/c1-14-7-4-5-8-16(14)23-12-6-10-21(3)11-9-18(22)19-17-13-15(2)24-20-17/h4-5,7-8,13H,6,9-12H2,1-3H3,(H,19,20,22). The Morgan fingerprint density at radius 3 is 2.79 bits per heavy atom. The number of carbonyl (C=O) groups excluding carboxylic acids is 1. The minimum absolute atomic E-state index is 0.0636. The van der Waals surface area contributed by atoms with Gasteiger partial charge in [0.15, 0.2) is 5.82 Å². The summed E-state index contributed by atoms with van der Waals surface area (Å²) in [7, 11) is 2.00. The van der Waals surface area contributed by atoms with E-state index in [1.54, 1.807) is 13.0 Å². The Labute approximate surface area is 142 Å². The number of hydrogen-bond acceptors (Lipinski definition) is 5. The van der Waals surface area contributed by atoms with Crippen molar-refractivity contribution in [3.8, 4) is 5.75 Å². The van der Waals surface area contributed by atoms with Gasteiger partial charge in [0.25, 0.3) is 0 Å². The maximum atomic E-state index is 11.8. The van der Waals surface area contributed by atoms with Crippen molar-refractivity contribution < 1.29 is 14.1 Å². The van der Waals surface area contributed by atoms with Gasteiger partial charge in [0.2, 0.25) is 5.91 Å². The molecule has 24 heavy (non-hydrogen) atoms. The number of carbonyl (C=O) groups is 1. The molecule has 0 fully saturated rings. The fourth-order valence-electron chi connectivity index (χ4n) is 2.27. The third-order valence-electron chi connectivity index (χ3n) is 3.65. The molecule has 1 N–H and O–H groups in total. The van der Waals surface area contributed by atoms with Gasteiger partial charge in [-0.2, -0.15) is 0 Å². The average molecular weight is 331 g/mol. The highest BCUT2D eigenvalue weighted by Crippen LogP contribution is 2.16. The van der Waals surface area contributed by atoms with Crippen LogP contribution in [-0.4, -0.2) is 42.7 Å². The molecular formula is C18H25N3O3. The molecule has 0 saturated heterocycles. The molecule has 0 aliphatic heterocycles. The molecule has 130 valence electrons. The van der Waals surface area contributed by atoms with Crippen LogP contribution < -0.4 is 10.1 Å². The number of para-hydroxylation sites is 1. The molecule has 0 aliphatic carbocycles. The quantitative estimate of drug-likeness (QED) is 0.715. The summed E-state index contributed by atoms with van der Waals surface area (Å²) in [6.45, 7) is 6.06. The van der Waals surface area contributed by atoms with E-state index in [0.29, 0.717) is 31.2 Å². The predicted molar refractivity (Wildman–Crippen MR) is 93.3 cm³/mol. The lowest BCUT2D eigenvalue weighted by molar-refractivity contribution is -0.116. The fourth-order valence-corrected chi connectivity index (χ4v) is 2.27. The molecule has 0 spiro atoms. The van der Waals surface area contributed by atoms with Gasteiger partial charge in [-0.15, -0.1) is 0 Å². The third kappa shape index (κ3) is 6.04. The van der Waals surface area contributed by atoms with Crippen molar-refractivity contribution in [3.05, 3.63) is 41.7 Å². The van der Waals surface area contributed by atoms with E-state index >= 15 is 0 Å². The summed E-state index contributed by atoms with van der Waals surface area (Å²) in [5.41, 5.74) is 1.14. The molecule has 6 heteroatoms. The monoisotopic (exact) mass is 331 g/mol. The van der Waals surface area contributed by atoms with Crippen molar-refractivity contribution >= 4 is 11.7 Å². The molecule has 1 aromatic heterocycles.